The average Bonchev–Trinajstić information content (AvgIpc) is 3.80. The van der Waals surface area contributed by atoms with Gasteiger partial charge in [0.2, 0.25) is 0 Å². The van der Waals surface area contributed by atoms with Gasteiger partial charge in [-0.15, -0.1) is 0 Å². The number of hydrogen-bond donors (Lipinski definition) is 4. The van der Waals surface area contributed by atoms with Gasteiger partial charge in [-0.2, -0.15) is 0 Å². The number of carbonyl (C=O) groups excluding carboxylic acids is 1. The number of hydrogen-bond acceptors (Lipinski definition) is 8. The number of carbonyl (C=O) groups is 1. The molecule has 8 nitrogen and oxygen atoms in total. The van der Waals surface area contributed by atoms with Crippen molar-refractivity contribution in [3.05, 3.63) is 11.6 Å². The summed E-state index contributed by atoms with van der Waals surface area (Å²) in [5.74, 6) is -0.286. The third-order valence-corrected chi connectivity index (χ3v) is 10.6. The summed E-state index contributed by atoms with van der Waals surface area (Å²) in [4.78, 5) is 11.7. The molecule has 9 atom stereocenters. The Balaban J connectivity index is 1.13. The molecular formula is C39H70O8. The lowest BCUT2D eigenvalue weighted by Crippen LogP contribution is -2.33. The Labute approximate surface area is 286 Å². The van der Waals surface area contributed by atoms with Crippen LogP contribution in [0.25, 0.3) is 0 Å². The summed E-state index contributed by atoms with van der Waals surface area (Å²) in [6.07, 6.45) is 24.5. The van der Waals surface area contributed by atoms with E-state index in [4.69, 9.17) is 14.2 Å². The molecule has 3 aliphatic heterocycles. The van der Waals surface area contributed by atoms with Crippen molar-refractivity contribution < 1.29 is 39.4 Å². The number of rotatable bonds is 27. The predicted octanol–water partition coefficient (Wildman–Crippen LogP) is 7.61. The molecule has 0 spiro atoms. The Bertz CT molecular complexity index is 864. The maximum Gasteiger partial charge on any atom is 0.334 e. The standard InChI is InChI=1S/C39H70O8/c1-3-4-5-6-7-11-14-17-20-33(41)37-25-26-38(47-37)35(43)23-22-34(42)36-24-21-32(46-36)19-16-13-10-8-9-12-15-18-31(40)28-30-27-29(2)45-39(30)44/h27,29,31-38,40-43H,3-26,28H2,1-2H3. The highest BCUT2D eigenvalue weighted by molar-refractivity contribution is 5.90. The van der Waals surface area contributed by atoms with Gasteiger partial charge in [0.1, 0.15) is 6.10 Å². The van der Waals surface area contributed by atoms with E-state index in [0.29, 0.717) is 24.8 Å². The van der Waals surface area contributed by atoms with Gasteiger partial charge in [0.15, 0.2) is 0 Å². The second kappa shape index (κ2) is 23.4. The Morgan fingerprint density at radius 1 is 0.638 bits per heavy atom. The predicted molar refractivity (Wildman–Crippen MR) is 186 cm³/mol. The van der Waals surface area contributed by atoms with E-state index in [9.17, 15) is 25.2 Å². The summed E-state index contributed by atoms with van der Waals surface area (Å²) < 4.78 is 17.4. The molecule has 9 unspecified atom stereocenters. The van der Waals surface area contributed by atoms with Crippen LogP contribution < -0.4 is 0 Å². The fraction of sp³-hybridized carbons (Fsp3) is 0.923. The maximum atomic E-state index is 11.7. The highest BCUT2D eigenvalue weighted by Crippen LogP contribution is 2.31. The SMILES string of the molecule is CCCCCCCCCCC(O)C1CCC(C(O)CCC(O)C2CCC(CCCCCCCCCC(O)CC3=CC(C)OC3=O)O2)O1. The number of aliphatic hydroxyl groups excluding tert-OH is 4. The molecule has 274 valence electrons. The first-order valence-corrected chi connectivity index (χ1v) is 19.7. The Kier molecular flexibility index (Phi) is 20.1. The van der Waals surface area contributed by atoms with E-state index in [1.807, 2.05) is 13.0 Å². The van der Waals surface area contributed by atoms with Crippen molar-refractivity contribution in [1.29, 1.82) is 0 Å². The lowest BCUT2D eigenvalue weighted by Gasteiger charge is -2.24. The first-order chi connectivity index (χ1) is 22.8. The maximum absolute atomic E-state index is 11.7. The molecule has 8 heteroatoms. The quantitative estimate of drug-likeness (QED) is 0.0522. The van der Waals surface area contributed by atoms with Crippen LogP contribution in [0.15, 0.2) is 11.6 Å². The van der Waals surface area contributed by atoms with Gasteiger partial charge in [-0.05, 0) is 70.8 Å². The molecule has 0 saturated carbocycles. The summed E-state index contributed by atoms with van der Waals surface area (Å²) in [7, 11) is 0. The Morgan fingerprint density at radius 3 is 1.70 bits per heavy atom. The van der Waals surface area contributed by atoms with Gasteiger partial charge in [0.25, 0.3) is 0 Å². The third-order valence-electron chi connectivity index (χ3n) is 10.6. The molecule has 0 radical (unpaired) electrons. The zero-order valence-electron chi connectivity index (χ0n) is 29.9. The van der Waals surface area contributed by atoms with Crippen molar-refractivity contribution >= 4 is 5.97 Å². The van der Waals surface area contributed by atoms with Gasteiger partial charge < -0.3 is 34.6 Å². The van der Waals surface area contributed by atoms with Crippen molar-refractivity contribution in [3.63, 3.8) is 0 Å². The summed E-state index contributed by atoms with van der Waals surface area (Å²) in [6, 6.07) is 0. The third kappa shape index (κ3) is 16.0. The first kappa shape index (κ1) is 40.4. The number of ether oxygens (including phenoxy) is 3. The fourth-order valence-corrected chi connectivity index (χ4v) is 7.64. The number of unbranched alkanes of at least 4 members (excludes halogenated alkanes) is 13. The molecule has 0 amide bonds. The highest BCUT2D eigenvalue weighted by atomic mass is 16.5. The van der Waals surface area contributed by atoms with Crippen LogP contribution >= 0.6 is 0 Å². The Morgan fingerprint density at radius 2 is 1.13 bits per heavy atom. The Hall–Kier alpha value is -1.03. The lowest BCUT2D eigenvalue weighted by atomic mass is 9.98. The van der Waals surface area contributed by atoms with Gasteiger partial charge in [0, 0.05) is 12.0 Å². The molecule has 4 N–H and O–H groups in total. The molecule has 0 bridgehead atoms. The van der Waals surface area contributed by atoms with E-state index >= 15 is 0 Å². The van der Waals surface area contributed by atoms with Crippen molar-refractivity contribution in [2.45, 2.75) is 229 Å². The second-order valence-corrected chi connectivity index (χ2v) is 14.9. The van der Waals surface area contributed by atoms with Crippen LogP contribution in [-0.2, 0) is 19.0 Å². The van der Waals surface area contributed by atoms with E-state index in [-0.39, 0.29) is 36.5 Å². The second-order valence-electron chi connectivity index (χ2n) is 14.9. The highest BCUT2D eigenvalue weighted by Gasteiger charge is 2.36. The van der Waals surface area contributed by atoms with Crippen molar-refractivity contribution in [2.75, 3.05) is 0 Å². The van der Waals surface area contributed by atoms with Crippen LogP contribution in [-0.4, -0.2) is 81.3 Å². The van der Waals surface area contributed by atoms with Gasteiger partial charge >= 0.3 is 5.97 Å². The molecule has 2 saturated heterocycles. The molecule has 0 aromatic rings. The summed E-state index contributed by atoms with van der Waals surface area (Å²) >= 11 is 0. The van der Waals surface area contributed by atoms with Crippen LogP contribution in [0.4, 0.5) is 0 Å². The average molecular weight is 667 g/mol. The van der Waals surface area contributed by atoms with Crippen LogP contribution in [0.3, 0.4) is 0 Å². The number of cyclic esters (lactones) is 1. The molecule has 3 heterocycles. The van der Waals surface area contributed by atoms with Crippen LogP contribution in [0.2, 0.25) is 0 Å². The van der Waals surface area contributed by atoms with E-state index in [0.717, 1.165) is 70.6 Å². The zero-order valence-corrected chi connectivity index (χ0v) is 29.9. The van der Waals surface area contributed by atoms with Crippen LogP contribution in [0.5, 0.6) is 0 Å². The molecule has 0 aromatic heterocycles. The van der Waals surface area contributed by atoms with E-state index in [1.54, 1.807) is 0 Å². The number of esters is 1. The fourth-order valence-electron chi connectivity index (χ4n) is 7.64. The van der Waals surface area contributed by atoms with E-state index < -0.39 is 24.4 Å². The van der Waals surface area contributed by atoms with Crippen LogP contribution in [0, 0.1) is 0 Å². The zero-order chi connectivity index (χ0) is 33.9. The monoisotopic (exact) mass is 667 g/mol. The van der Waals surface area contributed by atoms with Crippen LogP contribution in [0.1, 0.15) is 174 Å². The summed E-state index contributed by atoms with van der Waals surface area (Å²) in [5.41, 5.74) is 0.611. The molecule has 0 aliphatic carbocycles. The molecule has 47 heavy (non-hydrogen) atoms. The molecule has 3 aliphatic rings. The lowest BCUT2D eigenvalue weighted by molar-refractivity contribution is -0.139. The number of aliphatic hydroxyl groups is 4. The van der Waals surface area contributed by atoms with Crippen molar-refractivity contribution in [2.24, 2.45) is 0 Å². The molecule has 0 aromatic carbocycles. The normalized spacial score (nSPS) is 27.1. The minimum atomic E-state index is -0.619. The largest absolute Gasteiger partial charge is 0.455 e. The van der Waals surface area contributed by atoms with Gasteiger partial charge in [0.05, 0.1) is 48.8 Å². The van der Waals surface area contributed by atoms with E-state index in [1.165, 1.54) is 70.6 Å². The topological polar surface area (TPSA) is 126 Å². The van der Waals surface area contributed by atoms with Crippen molar-refractivity contribution in [1.82, 2.24) is 0 Å². The summed E-state index contributed by atoms with van der Waals surface area (Å²) in [6.45, 7) is 4.08. The van der Waals surface area contributed by atoms with Crippen molar-refractivity contribution in [3.8, 4) is 0 Å². The van der Waals surface area contributed by atoms with E-state index in [2.05, 4.69) is 6.92 Å². The van der Waals surface area contributed by atoms with Gasteiger partial charge in [-0.3, -0.25) is 0 Å². The van der Waals surface area contributed by atoms with Gasteiger partial charge in [-0.1, -0.05) is 103 Å². The molecular weight excluding hydrogens is 596 g/mol. The first-order valence-electron chi connectivity index (χ1n) is 19.7. The summed E-state index contributed by atoms with van der Waals surface area (Å²) in [5, 5.41) is 42.4. The van der Waals surface area contributed by atoms with Gasteiger partial charge in [-0.25, -0.2) is 4.79 Å². The molecule has 2 fully saturated rings. The molecule has 3 rings (SSSR count). The minimum Gasteiger partial charge on any atom is -0.455 e. The minimum absolute atomic E-state index is 0.146. The smallest absolute Gasteiger partial charge is 0.334 e.